The topological polar surface area (TPSA) is 99.0 Å². The quantitative estimate of drug-likeness (QED) is 0.553. The Labute approximate surface area is 192 Å². The molecule has 9 nitrogen and oxygen atoms in total. The largest absolute Gasteiger partial charge is 0.495 e. The molecule has 3 aromatic rings. The summed E-state index contributed by atoms with van der Waals surface area (Å²) in [6.07, 6.45) is 1.75. The Morgan fingerprint density at radius 3 is 2.67 bits per heavy atom. The van der Waals surface area contributed by atoms with Crippen LogP contribution in [0.5, 0.6) is 17.2 Å². The first-order chi connectivity index (χ1) is 16.1. The lowest BCUT2D eigenvalue weighted by atomic mass is 9.97. The fraction of sp³-hybridized carbons (Fsp3) is 0.375. The molecule has 174 valence electrons. The van der Waals surface area contributed by atoms with E-state index in [0.717, 1.165) is 24.9 Å². The lowest BCUT2D eigenvalue weighted by Crippen LogP contribution is -2.40. The van der Waals surface area contributed by atoms with Crippen molar-refractivity contribution in [2.75, 3.05) is 39.7 Å². The number of rotatable bonds is 8. The molecule has 1 saturated heterocycles. The molecule has 0 radical (unpaired) electrons. The second-order valence-corrected chi connectivity index (χ2v) is 7.85. The van der Waals surface area contributed by atoms with Gasteiger partial charge in [0.2, 0.25) is 17.6 Å². The Kier molecular flexibility index (Phi) is 7.09. The van der Waals surface area contributed by atoms with E-state index >= 15 is 0 Å². The number of aromatic nitrogens is 2. The van der Waals surface area contributed by atoms with Gasteiger partial charge >= 0.3 is 0 Å². The van der Waals surface area contributed by atoms with Crippen LogP contribution in [0, 0.1) is 5.92 Å². The molecule has 9 heteroatoms. The Morgan fingerprint density at radius 2 is 1.88 bits per heavy atom. The van der Waals surface area contributed by atoms with Crippen molar-refractivity contribution in [1.29, 1.82) is 0 Å². The van der Waals surface area contributed by atoms with Crippen molar-refractivity contribution in [3.8, 4) is 28.6 Å². The molecule has 0 bridgehead atoms. The summed E-state index contributed by atoms with van der Waals surface area (Å²) < 4.78 is 21.4. The third kappa shape index (κ3) is 5.25. The standard InChI is InChI=1S/C24H28N4O5/c1-30-19-9-5-4-8-18(19)25-24(29)17-7-6-12-28(14-17)15-22-26-23(27-33-22)16-10-11-20(31-2)21(13-16)32-3/h4-5,8-11,13,17H,6-7,12,14-15H2,1-3H3,(H,25,29). The number of methoxy groups -OCH3 is 3. The highest BCUT2D eigenvalue weighted by atomic mass is 16.5. The molecule has 4 rings (SSSR count). The highest BCUT2D eigenvalue weighted by molar-refractivity contribution is 5.94. The van der Waals surface area contributed by atoms with E-state index in [-0.39, 0.29) is 11.8 Å². The van der Waals surface area contributed by atoms with Crippen molar-refractivity contribution in [2.45, 2.75) is 19.4 Å². The van der Waals surface area contributed by atoms with Crippen molar-refractivity contribution in [3.05, 3.63) is 48.4 Å². The van der Waals surface area contributed by atoms with Crippen LogP contribution >= 0.6 is 0 Å². The average Bonchev–Trinajstić information content (AvgIpc) is 3.32. The average molecular weight is 453 g/mol. The van der Waals surface area contributed by atoms with Gasteiger partial charge in [-0.25, -0.2) is 0 Å². The third-order valence-corrected chi connectivity index (χ3v) is 5.71. The van der Waals surface area contributed by atoms with E-state index < -0.39 is 0 Å². The van der Waals surface area contributed by atoms with Gasteiger partial charge < -0.3 is 24.1 Å². The van der Waals surface area contributed by atoms with Crippen LogP contribution in [-0.2, 0) is 11.3 Å². The van der Waals surface area contributed by atoms with Crippen LogP contribution < -0.4 is 19.5 Å². The first-order valence-corrected chi connectivity index (χ1v) is 10.8. The molecule has 1 amide bonds. The van der Waals surface area contributed by atoms with Crippen LogP contribution in [0.1, 0.15) is 18.7 Å². The Morgan fingerprint density at radius 1 is 1.09 bits per heavy atom. The van der Waals surface area contributed by atoms with E-state index in [0.29, 0.717) is 47.7 Å². The van der Waals surface area contributed by atoms with Gasteiger partial charge in [-0.05, 0) is 49.7 Å². The van der Waals surface area contributed by atoms with Gasteiger partial charge in [0.1, 0.15) is 5.75 Å². The van der Waals surface area contributed by atoms with Crippen molar-refractivity contribution in [1.82, 2.24) is 15.0 Å². The molecule has 1 atom stereocenters. The number of likely N-dealkylation sites (tertiary alicyclic amines) is 1. The zero-order chi connectivity index (χ0) is 23.2. The van der Waals surface area contributed by atoms with Crippen LogP contribution in [0.2, 0.25) is 0 Å². The molecule has 1 aromatic heterocycles. The fourth-order valence-corrected chi connectivity index (χ4v) is 4.00. The number of benzene rings is 2. The summed E-state index contributed by atoms with van der Waals surface area (Å²) in [6, 6.07) is 12.9. The van der Waals surface area contributed by atoms with E-state index in [9.17, 15) is 4.79 Å². The van der Waals surface area contributed by atoms with Crippen LogP contribution in [0.3, 0.4) is 0 Å². The highest BCUT2D eigenvalue weighted by Crippen LogP contribution is 2.31. The van der Waals surface area contributed by atoms with E-state index in [4.69, 9.17) is 18.7 Å². The maximum atomic E-state index is 12.9. The molecule has 1 aliphatic rings. The minimum absolute atomic E-state index is 0.0132. The molecule has 1 aliphatic heterocycles. The maximum Gasteiger partial charge on any atom is 0.241 e. The van der Waals surface area contributed by atoms with E-state index in [1.54, 1.807) is 27.4 Å². The summed E-state index contributed by atoms with van der Waals surface area (Å²) in [7, 11) is 4.76. The predicted octanol–water partition coefficient (Wildman–Crippen LogP) is 3.61. The molecule has 2 heterocycles. The second kappa shape index (κ2) is 10.4. The number of carbonyl (C=O) groups excluding carboxylic acids is 1. The molecule has 0 aliphatic carbocycles. The minimum atomic E-state index is -0.128. The lowest BCUT2D eigenvalue weighted by molar-refractivity contribution is -0.121. The number of hydrogen-bond donors (Lipinski definition) is 1. The van der Waals surface area contributed by atoms with Crippen molar-refractivity contribution in [3.63, 3.8) is 0 Å². The van der Waals surface area contributed by atoms with Gasteiger partial charge in [0.05, 0.1) is 39.5 Å². The zero-order valence-electron chi connectivity index (χ0n) is 19.0. The summed E-state index contributed by atoms with van der Waals surface area (Å²) >= 11 is 0. The Balaban J connectivity index is 1.39. The number of amides is 1. The summed E-state index contributed by atoms with van der Waals surface area (Å²) in [5.41, 5.74) is 1.45. The summed E-state index contributed by atoms with van der Waals surface area (Å²) in [4.78, 5) is 19.6. The monoisotopic (exact) mass is 452 g/mol. The molecular formula is C24H28N4O5. The van der Waals surface area contributed by atoms with Crippen molar-refractivity contribution in [2.24, 2.45) is 5.92 Å². The number of para-hydroxylation sites is 2. The SMILES string of the molecule is COc1ccccc1NC(=O)C1CCCN(Cc2nc(-c3ccc(OC)c(OC)c3)no2)C1. The maximum absolute atomic E-state index is 12.9. The molecule has 1 fully saturated rings. The number of anilines is 1. The zero-order valence-corrected chi connectivity index (χ0v) is 19.0. The molecule has 1 unspecified atom stereocenters. The normalized spacial score (nSPS) is 16.3. The Hall–Kier alpha value is -3.59. The predicted molar refractivity (Wildman–Crippen MR) is 122 cm³/mol. The number of ether oxygens (including phenoxy) is 3. The minimum Gasteiger partial charge on any atom is -0.495 e. The van der Waals surface area contributed by atoms with Crippen molar-refractivity contribution < 1.29 is 23.5 Å². The van der Waals surface area contributed by atoms with Gasteiger partial charge in [-0.3, -0.25) is 9.69 Å². The fourth-order valence-electron chi connectivity index (χ4n) is 4.00. The van der Waals surface area contributed by atoms with Crippen LogP contribution in [-0.4, -0.2) is 55.4 Å². The van der Waals surface area contributed by atoms with Crippen LogP contribution in [0.25, 0.3) is 11.4 Å². The van der Waals surface area contributed by atoms with E-state index in [1.165, 1.54) is 0 Å². The van der Waals surface area contributed by atoms with Gasteiger partial charge in [0.15, 0.2) is 11.5 Å². The molecule has 1 N–H and O–H groups in total. The summed E-state index contributed by atoms with van der Waals surface area (Å²) in [5, 5.41) is 7.11. The first-order valence-electron chi connectivity index (χ1n) is 10.8. The third-order valence-electron chi connectivity index (χ3n) is 5.71. The second-order valence-electron chi connectivity index (χ2n) is 7.85. The highest BCUT2D eigenvalue weighted by Gasteiger charge is 2.27. The summed E-state index contributed by atoms with van der Waals surface area (Å²) in [5.74, 6) is 2.72. The van der Waals surface area contributed by atoms with Crippen LogP contribution in [0.15, 0.2) is 47.0 Å². The van der Waals surface area contributed by atoms with Crippen molar-refractivity contribution >= 4 is 11.6 Å². The number of piperidine rings is 1. The van der Waals surface area contributed by atoms with Gasteiger partial charge in [-0.1, -0.05) is 17.3 Å². The summed E-state index contributed by atoms with van der Waals surface area (Å²) in [6.45, 7) is 1.97. The van der Waals surface area contributed by atoms with E-state index in [2.05, 4.69) is 20.4 Å². The first kappa shape index (κ1) is 22.6. The van der Waals surface area contributed by atoms with Gasteiger partial charge in [-0.15, -0.1) is 0 Å². The van der Waals surface area contributed by atoms with Gasteiger partial charge in [-0.2, -0.15) is 4.98 Å². The number of carbonyl (C=O) groups is 1. The van der Waals surface area contributed by atoms with Gasteiger partial charge in [0, 0.05) is 12.1 Å². The number of hydrogen-bond acceptors (Lipinski definition) is 8. The molecule has 33 heavy (non-hydrogen) atoms. The molecular weight excluding hydrogens is 424 g/mol. The number of nitrogens with zero attached hydrogens (tertiary/aromatic N) is 3. The Bertz CT molecular complexity index is 1100. The molecule has 0 saturated carbocycles. The van der Waals surface area contributed by atoms with Gasteiger partial charge in [0.25, 0.3) is 0 Å². The molecule has 2 aromatic carbocycles. The number of nitrogens with one attached hydrogen (secondary N) is 1. The smallest absolute Gasteiger partial charge is 0.241 e. The van der Waals surface area contributed by atoms with E-state index in [1.807, 2.05) is 36.4 Å². The molecule has 0 spiro atoms. The lowest BCUT2D eigenvalue weighted by Gasteiger charge is -2.31. The van der Waals surface area contributed by atoms with Crippen LogP contribution in [0.4, 0.5) is 5.69 Å².